The summed E-state index contributed by atoms with van der Waals surface area (Å²) >= 11 is 0. The smallest absolute Gasteiger partial charge is 0.328 e. The van der Waals surface area contributed by atoms with E-state index < -0.39 is 0 Å². The van der Waals surface area contributed by atoms with Gasteiger partial charge in [-0.3, -0.25) is 4.90 Å². The van der Waals surface area contributed by atoms with Gasteiger partial charge < -0.3 is 4.74 Å². The van der Waals surface area contributed by atoms with Crippen molar-refractivity contribution in [2.45, 2.75) is 39.3 Å². The lowest BCUT2D eigenvalue weighted by atomic mass is 10.0. The van der Waals surface area contributed by atoms with Crippen LogP contribution in [0, 0.1) is 5.92 Å². The first kappa shape index (κ1) is 14.1. The largest absolute Gasteiger partial charge is 0.465 e. The Labute approximate surface area is 115 Å². The van der Waals surface area contributed by atoms with E-state index in [1.165, 1.54) is 0 Å². The molecule has 1 aromatic carbocycles. The second kappa shape index (κ2) is 6.20. The molecule has 0 amide bonds. The summed E-state index contributed by atoms with van der Waals surface area (Å²) < 4.78 is 5.27. The Morgan fingerprint density at radius 3 is 2.58 bits per heavy atom. The summed E-state index contributed by atoms with van der Waals surface area (Å²) in [5.74, 6) is 0.505. The van der Waals surface area contributed by atoms with Crippen LogP contribution >= 0.6 is 0 Å². The monoisotopic (exact) mass is 261 g/mol. The van der Waals surface area contributed by atoms with Gasteiger partial charge in [0.15, 0.2) is 0 Å². The van der Waals surface area contributed by atoms with Crippen LogP contribution in [-0.2, 0) is 9.53 Å². The van der Waals surface area contributed by atoms with Gasteiger partial charge in [-0.25, -0.2) is 4.79 Å². The molecule has 1 aliphatic rings. The maximum Gasteiger partial charge on any atom is 0.328 e. The molecule has 3 unspecified atom stereocenters. The van der Waals surface area contributed by atoms with Gasteiger partial charge in [-0.2, -0.15) is 0 Å². The number of hydrogen-bond acceptors (Lipinski definition) is 3. The van der Waals surface area contributed by atoms with Crippen LogP contribution in [0.1, 0.15) is 38.8 Å². The first-order valence-corrected chi connectivity index (χ1v) is 7.10. The fourth-order valence-electron chi connectivity index (χ4n) is 3.01. The van der Waals surface area contributed by atoms with Crippen LogP contribution in [0.4, 0.5) is 0 Å². The van der Waals surface area contributed by atoms with E-state index in [-0.39, 0.29) is 12.0 Å². The molecule has 0 radical (unpaired) electrons. The van der Waals surface area contributed by atoms with Crippen molar-refractivity contribution < 1.29 is 9.53 Å². The summed E-state index contributed by atoms with van der Waals surface area (Å²) in [6, 6.07) is 10.1. The fourth-order valence-corrected chi connectivity index (χ4v) is 3.01. The van der Waals surface area contributed by atoms with Crippen molar-refractivity contribution in [3.8, 4) is 0 Å². The van der Waals surface area contributed by atoms with Gasteiger partial charge in [-0.05, 0) is 31.7 Å². The summed E-state index contributed by atoms with van der Waals surface area (Å²) in [5, 5.41) is 0. The molecule has 0 spiro atoms. The van der Waals surface area contributed by atoms with Gasteiger partial charge in [-0.1, -0.05) is 37.3 Å². The molecule has 1 fully saturated rings. The Morgan fingerprint density at radius 1 is 1.37 bits per heavy atom. The fraction of sp³-hybridized carbons (Fsp3) is 0.562. The van der Waals surface area contributed by atoms with Crippen molar-refractivity contribution in [2.24, 2.45) is 5.92 Å². The van der Waals surface area contributed by atoms with E-state index in [1.54, 1.807) is 0 Å². The predicted octanol–water partition coefficient (Wildman–Crippen LogP) is 3.02. The molecule has 1 heterocycles. The zero-order chi connectivity index (χ0) is 13.8. The third kappa shape index (κ3) is 3.16. The standard InChI is InChI=1S/C16H23NO2/c1-4-19-16(18)15(14-8-6-5-7-9-14)17-11-12(2)10-13(17)3/h5-9,12-13,15H,4,10-11H2,1-3H3. The van der Waals surface area contributed by atoms with E-state index in [0.29, 0.717) is 18.6 Å². The number of likely N-dealkylation sites (tertiary alicyclic amines) is 1. The zero-order valence-corrected chi connectivity index (χ0v) is 12.0. The van der Waals surface area contributed by atoms with E-state index in [9.17, 15) is 4.79 Å². The minimum atomic E-state index is -0.263. The molecule has 0 aliphatic carbocycles. The summed E-state index contributed by atoms with van der Waals surface area (Å²) in [5.41, 5.74) is 1.03. The molecular formula is C16H23NO2. The van der Waals surface area contributed by atoms with Crippen LogP contribution in [0.2, 0.25) is 0 Å². The highest BCUT2D eigenvalue weighted by Gasteiger charge is 2.37. The zero-order valence-electron chi connectivity index (χ0n) is 12.0. The van der Waals surface area contributed by atoms with E-state index in [2.05, 4.69) is 18.7 Å². The Kier molecular flexibility index (Phi) is 4.59. The Hall–Kier alpha value is -1.35. The molecule has 2 rings (SSSR count). The first-order chi connectivity index (χ1) is 9.13. The molecule has 0 saturated carbocycles. The highest BCUT2D eigenvalue weighted by atomic mass is 16.5. The average molecular weight is 261 g/mol. The first-order valence-electron chi connectivity index (χ1n) is 7.10. The number of nitrogens with zero attached hydrogens (tertiary/aromatic N) is 1. The molecule has 0 aromatic heterocycles. The Balaban J connectivity index is 2.27. The topological polar surface area (TPSA) is 29.5 Å². The lowest BCUT2D eigenvalue weighted by Gasteiger charge is -2.30. The number of ether oxygens (including phenoxy) is 1. The molecule has 1 saturated heterocycles. The maximum atomic E-state index is 12.3. The third-order valence-corrected chi connectivity index (χ3v) is 3.79. The molecule has 0 N–H and O–H groups in total. The highest BCUT2D eigenvalue weighted by Crippen LogP contribution is 2.32. The predicted molar refractivity (Wildman–Crippen MR) is 75.8 cm³/mol. The van der Waals surface area contributed by atoms with E-state index in [0.717, 1.165) is 18.5 Å². The van der Waals surface area contributed by atoms with Gasteiger partial charge in [0, 0.05) is 12.6 Å². The van der Waals surface area contributed by atoms with E-state index in [4.69, 9.17) is 4.74 Å². The number of carbonyl (C=O) groups excluding carboxylic acids is 1. The molecule has 3 atom stereocenters. The molecular weight excluding hydrogens is 238 g/mol. The Morgan fingerprint density at radius 2 is 2.05 bits per heavy atom. The van der Waals surface area contributed by atoms with Gasteiger partial charge in [-0.15, -0.1) is 0 Å². The molecule has 104 valence electrons. The number of hydrogen-bond donors (Lipinski definition) is 0. The molecule has 1 aliphatic heterocycles. The number of carbonyl (C=O) groups is 1. The minimum Gasteiger partial charge on any atom is -0.465 e. The quantitative estimate of drug-likeness (QED) is 0.780. The summed E-state index contributed by atoms with van der Waals surface area (Å²) in [6.07, 6.45) is 1.14. The van der Waals surface area contributed by atoms with Crippen LogP contribution in [0.25, 0.3) is 0 Å². The van der Waals surface area contributed by atoms with Gasteiger partial charge in [0.25, 0.3) is 0 Å². The van der Waals surface area contributed by atoms with Gasteiger partial charge >= 0.3 is 5.97 Å². The van der Waals surface area contributed by atoms with Crippen molar-refractivity contribution in [2.75, 3.05) is 13.2 Å². The Bertz CT molecular complexity index is 418. The lowest BCUT2D eigenvalue weighted by molar-refractivity contribution is -0.150. The second-order valence-electron chi connectivity index (χ2n) is 5.45. The second-order valence-corrected chi connectivity index (χ2v) is 5.45. The molecule has 1 aromatic rings. The van der Waals surface area contributed by atoms with Crippen LogP contribution in [0.15, 0.2) is 30.3 Å². The van der Waals surface area contributed by atoms with Crippen molar-refractivity contribution in [3.05, 3.63) is 35.9 Å². The van der Waals surface area contributed by atoms with Gasteiger partial charge in [0.1, 0.15) is 6.04 Å². The number of esters is 1. The molecule has 3 heteroatoms. The van der Waals surface area contributed by atoms with Crippen LogP contribution in [0.3, 0.4) is 0 Å². The minimum absolute atomic E-state index is 0.130. The van der Waals surface area contributed by atoms with Crippen molar-refractivity contribution >= 4 is 5.97 Å². The average Bonchev–Trinajstić information content (AvgIpc) is 2.70. The molecule has 3 nitrogen and oxygen atoms in total. The van der Waals surface area contributed by atoms with Gasteiger partial charge in [0.2, 0.25) is 0 Å². The van der Waals surface area contributed by atoms with Crippen LogP contribution in [-0.4, -0.2) is 30.1 Å². The van der Waals surface area contributed by atoms with Crippen LogP contribution < -0.4 is 0 Å². The summed E-state index contributed by atoms with van der Waals surface area (Å²) in [6.45, 7) is 7.68. The summed E-state index contributed by atoms with van der Waals surface area (Å²) in [7, 11) is 0. The molecule has 0 bridgehead atoms. The lowest BCUT2D eigenvalue weighted by Crippen LogP contribution is -2.37. The SMILES string of the molecule is CCOC(=O)C(c1ccccc1)N1CC(C)CC1C. The van der Waals surface area contributed by atoms with Crippen molar-refractivity contribution in [1.29, 1.82) is 0 Å². The van der Waals surface area contributed by atoms with Crippen LogP contribution in [0.5, 0.6) is 0 Å². The highest BCUT2D eigenvalue weighted by molar-refractivity contribution is 5.77. The van der Waals surface area contributed by atoms with Crippen molar-refractivity contribution in [1.82, 2.24) is 4.90 Å². The maximum absolute atomic E-state index is 12.3. The van der Waals surface area contributed by atoms with E-state index in [1.807, 2.05) is 37.3 Å². The van der Waals surface area contributed by atoms with Crippen molar-refractivity contribution in [3.63, 3.8) is 0 Å². The molecule has 19 heavy (non-hydrogen) atoms. The number of benzene rings is 1. The third-order valence-electron chi connectivity index (χ3n) is 3.79. The van der Waals surface area contributed by atoms with E-state index >= 15 is 0 Å². The summed E-state index contributed by atoms with van der Waals surface area (Å²) in [4.78, 5) is 14.6. The van der Waals surface area contributed by atoms with Gasteiger partial charge in [0.05, 0.1) is 6.61 Å². The normalized spacial score (nSPS) is 25.2. The number of rotatable bonds is 4.